The smallest absolute Gasteiger partial charge is 0.333 e. The number of allylic oxidation sites excluding steroid dienone is 2. The van der Waals surface area contributed by atoms with Gasteiger partial charge in [0.25, 0.3) is 0 Å². The Bertz CT molecular complexity index is 1290. The third-order valence-electron chi connectivity index (χ3n) is 7.46. The van der Waals surface area contributed by atoms with Crippen molar-refractivity contribution < 1.29 is 39.2 Å². The molecule has 1 fully saturated rings. The van der Waals surface area contributed by atoms with Gasteiger partial charge in [0.15, 0.2) is 11.6 Å². The number of Topliss-reactive ketones (excluding diaryl/α,β-unsaturated/α-hetero) is 1. The first-order valence-corrected chi connectivity index (χ1v) is 12.4. The molecule has 1 amide bonds. The Labute approximate surface area is 214 Å². The summed E-state index contributed by atoms with van der Waals surface area (Å²) in [6.45, 7) is 6.42. The summed E-state index contributed by atoms with van der Waals surface area (Å²) in [7, 11) is 0. The molecule has 0 saturated carbocycles. The number of phenolic OH excluding ortho intramolecular Hbond substituents is 1. The Morgan fingerprint density at radius 3 is 2.51 bits per heavy atom. The van der Waals surface area contributed by atoms with Crippen molar-refractivity contribution in [3.63, 3.8) is 0 Å². The fourth-order valence-electron chi connectivity index (χ4n) is 5.11. The van der Waals surface area contributed by atoms with E-state index in [2.05, 4.69) is 5.32 Å². The van der Waals surface area contributed by atoms with Crippen LogP contribution in [0.15, 0.2) is 41.6 Å². The zero-order valence-electron chi connectivity index (χ0n) is 21.2. The monoisotopic (exact) mass is 509 g/mol. The molecule has 3 aliphatic rings. The van der Waals surface area contributed by atoms with E-state index in [4.69, 9.17) is 4.74 Å². The predicted molar refractivity (Wildman–Crippen MR) is 133 cm³/mol. The molecule has 5 atom stereocenters. The molecule has 5 unspecified atom stereocenters. The standard InChI is InChI=1S/C28H31NO8/c1-5-16-6-8-19(30)15(4)37-27(35)14(3)11-18-26(34)29-22-12-21(32)23-17(28(18,22)36)10-13(2)25(33)24(23)20(31)9-7-16/h6,8,10-12,15-16,18-19,30,33,36H,5,7,9H2,1-4H3,(H,29,34)/b8-6+,14-11-. The molecule has 4 N–H and O–H groups in total. The minimum absolute atomic E-state index is 0.00512. The summed E-state index contributed by atoms with van der Waals surface area (Å²) in [5, 5.41) is 35.8. The number of aliphatic hydroxyl groups is 2. The number of hydrogen-bond acceptors (Lipinski definition) is 8. The number of rotatable bonds is 1. The number of aromatic hydroxyl groups is 1. The fourth-order valence-corrected chi connectivity index (χ4v) is 5.11. The maximum atomic E-state index is 13.4. The van der Waals surface area contributed by atoms with Crippen LogP contribution in [-0.4, -0.2) is 51.0 Å². The van der Waals surface area contributed by atoms with Gasteiger partial charge in [-0.25, -0.2) is 4.79 Å². The average Bonchev–Trinajstić information content (AvgIpc) is 3.09. The molecule has 9 nitrogen and oxygen atoms in total. The van der Waals surface area contributed by atoms with E-state index in [1.54, 1.807) is 13.0 Å². The van der Waals surface area contributed by atoms with E-state index in [1.807, 2.05) is 6.92 Å². The van der Waals surface area contributed by atoms with Crippen molar-refractivity contribution in [2.24, 2.45) is 11.8 Å². The maximum absolute atomic E-state index is 13.4. The maximum Gasteiger partial charge on any atom is 0.333 e. The summed E-state index contributed by atoms with van der Waals surface area (Å²) in [5.74, 6) is -4.33. The number of ketones is 2. The van der Waals surface area contributed by atoms with Crippen molar-refractivity contribution in [2.45, 2.75) is 64.8 Å². The van der Waals surface area contributed by atoms with Crippen LogP contribution in [0.2, 0.25) is 0 Å². The number of aliphatic hydroxyl groups excluding tert-OH is 1. The molecule has 0 aromatic heterocycles. The Balaban J connectivity index is 1.95. The normalized spacial score (nSPS) is 32.6. The molecular formula is C28H31NO8. The zero-order valence-corrected chi connectivity index (χ0v) is 21.2. The highest BCUT2D eigenvalue weighted by Gasteiger charge is 2.55. The number of amides is 1. The van der Waals surface area contributed by atoms with Gasteiger partial charge in [-0.3, -0.25) is 14.4 Å². The van der Waals surface area contributed by atoms with Crippen LogP contribution in [0.25, 0.3) is 0 Å². The van der Waals surface area contributed by atoms with Crippen LogP contribution < -0.4 is 5.32 Å². The largest absolute Gasteiger partial charge is 0.507 e. The van der Waals surface area contributed by atoms with E-state index >= 15 is 0 Å². The molecule has 196 valence electrons. The summed E-state index contributed by atoms with van der Waals surface area (Å²) in [6, 6.07) is 1.39. The third kappa shape index (κ3) is 4.42. The van der Waals surface area contributed by atoms with Gasteiger partial charge in [0, 0.05) is 29.2 Å². The molecule has 4 bridgehead atoms. The van der Waals surface area contributed by atoms with Crippen molar-refractivity contribution in [2.75, 3.05) is 0 Å². The lowest BCUT2D eigenvalue weighted by molar-refractivity contribution is -0.147. The third-order valence-corrected chi connectivity index (χ3v) is 7.46. The van der Waals surface area contributed by atoms with E-state index in [1.165, 1.54) is 32.1 Å². The molecule has 0 radical (unpaired) electrons. The summed E-state index contributed by atoms with van der Waals surface area (Å²) in [4.78, 5) is 52.4. The number of ether oxygens (including phenoxy) is 1. The molecule has 2 aliphatic heterocycles. The number of benzene rings is 1. The van der Waals surface area contributed by atoms with Gasteiger partial charge >= 0.3 is 5.97 Å². The fraction of sp³-hybridized carbons (Fsp3) is 0.429. The van der Waals surface area contributed by atoms with Crippen LogP contribution in [0.5, 0.6) is 5.75 Å². The second-order valence-corrected chi connectivity index (χ2v) is 9.96. The average molecular weight is 510 g/mol. The van der Waals surface area contributed by atoms with Gasteiger partial charge in [-0.1, -0.05) is 25.2 Å². The SMILES string of the molecule is CCC1/C=C/C(O)C(C)OC(=O)/C(C)=C\C2C(=O)NC3=CC(=O)c4c(cc(C)c(O)c4C(=O)CC1)C32O. The number of carbonyl (C=O) groups is 4. The van der Waals surface area contributed by atoms with Crippen molar-refractivity contribution in [3.8, 4) is 5.75 Å². The molecule has 4 rings (SSSR count). The first-order valence-electron chi connectivity index (χ1n) is 12.4. The van der Waals surface area contributed by atoms with Crippen LogP contribution in [0, 0.1) is 18.8 Å². The number of carbonyl (C=O) groups excluding carboxylic acids is 4. The molecular weight excluding hydrogens is 478 g/mol. The van der Waals surface area contributed by atoms with Gasteiger partial charge < -0.3 is 25.4 Å². The summed E-state index contributed by atoms with van der Waals surface area (Å²) < 4.78 is 5.39. The number of hydrogen-bond donors (Lipinski definition) is 4. The zero-order chi connectivity index (χ0) is 27.2. The van der Waals surface area contributed by atoms with Crippen LogP contribution in [0.4, 0.5) is 0 Å². The Kier molecular flexibility index (Phi) is 6.96. The summed E-state index contributed by atoms with van der Waals surface area (Å²) >= 11 is 0. The first kappa shape index (κ1) is 26.5. The molecule has 1 saturated heterocycles. The Morgan fingerprint density at radius 2 is 1.84 bits per heavy atom. The number of esters is 1. The summed E-state index contributed by atoms with van der Waals surface area (Å²) in [6.07, 6.45) is 4.60. The summed E-state index contributed by atoms with van der Waals surface area (Å²) in [5.41, 5.74) is -2.23. The molecule has 1 aromatic rings. The molecule has 0 spiro atoms. The first-order chi connectivity index (χ1) is 17.4. The predicted octanol–water partition coefficient (Wildman–Crippen LogP) is 2.51. The second kappa shape index (κ2) is 9.72. The van der Waals surface area contributed by atoms with E-state index in [0.29, 0.717) is 12.8 Å². The van der Waals surface area contributed by atoms with Crippen molar-refractivity contribution >= 4 is 23.4 Å². The number of cyclic esters (lactones) is 1. The van der Waals surface area contributed by atoms with E-state index in [9.17, 15) is 34.5 Å². The van der Waals surface area contributed by atoms with Crippen LogP contribution in [0.1, 0.15) is 71.9 Å². The topological polar surface area (TPSA) is 150 Å². The molecule has 1 aromatic carbocycles. The highest BCUT2D eigenvalue weighted by atomic mass is 16.6. The van der Waals surface area contributed by atoms with Gasteiger partial charge in [0.1, 0.15) is 23.6 Å². The van der Waals surface area contributed by atoms with Gasteiger partial charge in [-0.15, -0.1) is 0 Å². The van der Waals surface area contributed by atoms with E-state index in [0.717, 1.165) is 6.08 Å². The Hall–Kier alpha value is -3.56. The minimum atomic E-state index is -2.08. The van der Waals surface area contributed by atoms with Gasteiger partial charge in [0.2, 0.25) is 5.91 Å². The lowest BCUT2D eigenvalue weighted by Crippen LogP contribution is -2.39. The lowest BCUT2D eigenvalue weighted by Gasteiger charge is -2.34. The van der Waals surface area contributed by atoms with Gasteiger partial charge in [-0.05, 0) is 51.2 Å². The van der Waals surface area contributed by atoms with Crippen LogP contribution >= 0.6 is 0 Å². The molecule has 37 heavy (non-hydrogen) atoms. The number of nitrogens with one attached hydrogen (secondary N) is 1. The van der Waals surface area contributed by atoms with Crippen LogP contribution in [0.3, 0.4) is 0 Å². The van der Waals surface area contributed by atoms with Crippen molar-refractivity contribution in [1.82, 2.24) is 5.32 Å². The van der Waals surface area contributed by atoms with E-state index < -0.39 is 47.2 Å². The van der Waals surface area contributed by atoms with Gasteiger partial charge in [0.05, 0.1) is 17.2 Å². The second-order valence-electron chi connectivity index (χ2n) is 9.96. The van der Waals surface area contributed by atoms with Crippen molar-refractivity contribution in [3.05, 3.63) is 63.9 Å². The quantitative estimate of drug-likeness (QED) is 0.333. The van der Waals surface area contributed by atoms with Crippen LogP contribution in [-0.2, 0) is 19.9 Å². The number of phenols is 1. The Morgan fingerprint density at radius 1 is 1.14 bits per heavy atom. The van der Waals surface area contributed by atoms with E-state index in [-0.39, 0.29) is 51.6 Å². The minimum Gasteiger partial charge on any atom is -0.507 e. The molecule has 1 aliphatic carbocycles. The highest BCUT2D eigenvalue weighted by Crippen LogP contribution is 2.49. The lowest BCUT2D eigenvalue weighted by atomic mass is 9.72. The number of aryl methyl sites for hydroxylation is 1. The van der Waals surface area contributed by atoms with Crippen molar-refractivity contribution in [1.29, 1.82) is 0 Å². The highest BCUT2D eigenvalue weighted by molar-refractivity contribution is 6.17. The molecule has 9 heteroatoms. The van der Waals surface area contributed by atoms with Gasteiger partial charge in [-0.2, -0.15) is 0 Å². The molecule has 2 heterocycles.